The number of amides is 2. The molecule has 2 atom stereocenters. The summed E-state index contributed by atoms with van der Waals surface area (Å²) >= 11 is 1.72. The van der Waals surface area contributed by atoms with E-state index in [1.807, 2.05) is 10.3 Å². The molecule has 0 saturated carbocycles. The Labute approximate surface area is 129 Å². The van der Waals surface area contributed by atoms with Crippen LogP contribution in [0.15, 0.2) is 5.38 Å². The zero-order valence-corrected chi connectivity index (χ0v) is 13.2. The van der Waals surface area contributed by atoms with Crippen molar-refractivity contribution >= 4 is 23.2 Å². The van der Waals surface area contributed by atoms with Gasteiger partial charge in [0.05, 0.1) is 11.5 Å². The Morgan fingerprint density at radius 2 is 2.19 bits per heavy atom. The zero-order chi connectivity index (χ0) is 15.0. The van der Waals surface area contributed by atoms with Gasteiger partial charge in [0.2, 0.25) is 5.91 Å². The lowest BCUT2D eigenvalue weighted by Crippen LogP contribution is -2.44. The highest BCUT2D eigenvalue weighted by molar-refractivity contribution is 7.10. The van der Waals surface area contributed by atoms with Gasteiger partial charge in [-0.3, -0.25) is 9.59 Å². The van der Waals surface area contributed by atoms with Gasteiger partial charge in [0, 0.05) is 23.3 Å². The van der Waals surface area contributed by atoms with Crippen molar-refractivity contribution in [2.75, 3.05) is 13.1 Å². The maximum Gasteiger partial charge on any atom is 0.255 e. The molecule has 0 aromatic carbocycles. The van der Waals surface area contributed by atoms with Gasteiger partial charge < -0.3 is 10.6 Å². The van der Waals surface area contributed by atoms with Crippen LogP contribution in [0, 0.1) is 11.8 Å². The number of likely N-dealkylation sites (tertiary alicyclic amines) is 1. The molecule has 3 rings (SSSR count). The molecule has 1 aliphatic carbocycles. The summed E-state index contributed by atoms with van der Waals surface area (Å²) in [5, 5.41) is 2.01. The van der Waals surface area contributed by atoms with E-state index in [4.69, 9.17) is 5.73 Å². The first kappa shape index (κ1) is 14.6. The van der Waals surface area contributed by atoms with Gasteiger partial charge >= 0.3 is 0 Å². The molecule has 0 radical (unpaired) electrons. The predicted octanol–water partition coefficient (Wildman–Crippen LogP) is 2.21. The zero-order valence-electron chi connectivity index (χ0n) is 12.4. The molecule has 1 fully saturated rings. The minimum Gasteiger partial charge on any atom is -0.369 e. The van der Waals surface area contributed by atoms with E-state index in [2.05, 4.69) is 6.92 Å². The maximum absolute atomic E-state index is 12.8. The molecule has 1 aromatic rings. The number of fused-ring (bicyclic) bond motifs is 1. The summed E-state index contributed by atoms with van der Waals surface area (Å²) in [6.07, 6.45) is 4.93. The smallest absolute Gasteiger partial charge is 0.255 e. The first-order valence-electron chi connectivity index (χ1n) is 7.74. The highest BCUT2D eigenvalue weighted by atomic mass is 32.1. The number of carbonyl (C=O) groups is 2. The molecule has 1 saturated heterocycles. The molecule has 2 aliphatic rings. The van der Waals surface area contributed by atoms with Crippen LogP contribution in [0.4, 0.5) is 0 Å². The Balaban J connectivity index is 1.78. The van der Waals surface area contributed by atoms with Gasteiger partial charge in [-0.15, -0.1) is 11.3 Å². The molecule has 4 nitrogen and oxygen atoms in total. The number of piperidine rings is 1. The molecule has 2 unspecified atom stereocenters. The van der Waals surface area contributed by atoms with E-state index >= 15 is 0 Å². The predicted molar refractivity (Wildman–Crippen MR) is 83.3 cm³/mol. The van der Waals surface area contributed by atoms with Gasteiger partial charge in [-0.1, -0.05) is 6.92 Å². The molecule has 114 valence electrons. The van der Waals surface area contributed by atoms with Crippen LogP contribution in [-0.4, -0.2) is 29.8 Å². The molecular formula is C16H22N2O2S. The van der Waals surface area contributed by atoms with E-state index in [0.29, 0.717) is 12.5 Å². The number of nitrogens with zero attached hydrogens (tertiary/aromatic N) is 1. The number of rotatable bonds is 2. The molecule has 21 heavy (non-hydrogen) atoms. The van der Waals surface area contributed by atoms with Crippen LogP contribution in [0.5, 0.6) is 0 Å². The topological polar surface area (TPSA) is 63.4 Å². The third kappa shape index (κ3) is 2.84. The first-order chi connectivity index (χ1) is 10.1. The number of carbonyl (C=O) groups excluding carboxylic acids is 2. The fraction of sp³-hybridized carbons (Fsp3) is 0.625. The SMILES string of the molecule is CC1CCc2c(C(=O)N3CCCC(C(N)=O)C3)csc2C1. The summed E-state index contributed by atoms with van der Waals surface area (Å²) < 4.78 is 0. The number of thiophene rings is 1. The standard InChI is InChI=1S/C16H22N2O2S/c1-10-4-5-12-13(9-21-14(12)7-10)16(20)18-6-2-3-11(8-18)15(17)19/h9-11H,2-8H2,1H3,(H2,17,19). The van der Waals surface area contributed by atoms with Crippen molar-refractivity contribution in [3.05, 3.63) is 21.4 Å². The highest BCUT2D eigenvalue weighted by Gasteiger charge is 2.30. The van der Waals surface area contributed by atoms with Gasteiger partial charge in [0.25, 0.3) is 5.91 Å². The van der Waals surface area contributed by atoms with Gasteiger partial charge in [-0.05, 0) is 43.6 Å². The molecule has 1 aromatic heterocycles. The first-order valence-corrected chi connectivity index (χ1v) is 8.62. The van der Waals surface area contributed by atoms with Gasteiger partial charge in [-0.25, -0.2) is 0 Å². The molecule has 1 aliphatic heterocycles. The van der Waals surface area contributed by atoms with Crippen molar-refractivity contribution in [2.45, 2.75) is 39.0 Å². The summed E-state index contributed by atoms with van der Waals surface area (Å²) in [6.45, 7) is 3.49. The van der Waals surface area contributed by atoms with Crippen LogP contribution in [0.2, 0.25) is 0 Å². The van der Waals surface area contributed by atoms with Gasteiger partial charge in [0.1, 0.15) is 0 Å². The van der Waals surface area contributed by atoms with Crippen LogP contribution < -0.4 is 5.73 Å². The number of primary amides is 1. The average Bonchev–Trinajstić information content (AvgIpc) is 2.89. The molecule has 2 N–H and O–H groups in total. The summed E-state index contributed by atoms with van der Waals surface area (Å²) in [6, 6.07) is 0. The second-order valence-electron chi connectivity index (χ2n) is 6.39. The van der Waals surface area contributed by atoms with Crippen LogP contribution in [0.25, 0.3) is 0 Å². The van der Waals surface area contributed by atoms with Crippen LogP contribution in [-0.2, 0) is 17.6 Å². The van der Waals surface area contributed by atoms with E-state index in [9.17, 15) is 9.59 Å². The van der Waals surface area contributed by atoms with Crippen molar-refractivity contribution < 1.29 is 9.59 Å². The quantitative estimate of drug-likeness (QED) is 0.910. The van der Waals surface area contributed by atoms with Crippen molar-refractivity contribution in [3.8, 4) is 0 Å². The van der Waals surface area contributed by atoms with E-state index in [-0.39, 0.29) is 17.7 Å². The normalized spacial score (nSPS) is 25.5. The molecule has 2 heterocycles. The Morgan fingerprint density at radius 3 is 2.95 bits per heavy atom. The largest absolute Gasteiger partial charge is 0.369 e. The van der Waals surface area contributed by atoms with E-state index in [1.165, 1.54) is 10.4 Å². The average molecular weight is 306 g/mol. The fourth-order valence-electron chi connectivity index (χ4n) is 3.42. The molecule has 2 amide bonds. The summed E-state index contributed by atoms with van der Waals surface area (Å²) in [5.74, 6) is 0.340. The Bertz CT molecular complexity index is 567. The Morgan fingerprint density at radius 1 is 1.38 bits per heavy atom. The van der Waals surface area contributed by atoms with Crippen LogP contribution in [0.3, 0.4) is 0 Å². The molecule has 0 bridgehead atoms. The Hall–Kier alpha value is -1.36. The molecule has 5 heteroatoms. The van der Waals surface area contributed by atoms with E-state index in [1.54, 1.807) is 11.3 Å². The van der Waals surface area contributed by atoms with Crippen LogP contribution in [0.1, 0.15) is 47.0 Å². The molecule has 0 spiro atoms. The van der Waals surface area contributed by atoms with Crippen molar-refractivity contribution in [1.82, 2.24) is 4.90 Å². The number of hydrogen-bond acceptors (Lipinski definition) is 3. The lowest BCUT2D eigenvalue weighted by atomic mass is 9.88. The number of hydrogen-bond donors (Lipinski definition) is 1. The lowest BCUT2D eigenvalue weighted by Gasteiger charge is -2.31. The van der Waals surface area contributed by atoms with Crippen molar-refractivity contribution in [1.29, 1.82) is 0 Å². The third-order valence-corrected chi connectivity index (χ3v) is 5.79. The number of nitrogens with two attached hydrogens (primary N) is 1. The maximum atomic E-state index is 12.8. The second kappa shape index (κ2) is 5.79. The minimum atomic E-state index is -0.284. The fourth-order valence-corrected chi connectivity index (χ4v) is 4.66. The van der Waals surface area contributed by atoms with Gasteiger partial charge in [-0.2, -0.15) is 0 Å². The molecular weight excluding hydrogens is 284 g/mol. The van der Waals surface area contributed by atoms with E-state index < -0.39 is 0 Å². The summed E-state index contributed by atoms with van der Waals surface area (Å²) in [4.78, 5) is 27.3. The van der Waals surface area contributed by atoms with Crippen LogP contribution >= 0.6 is 11.3 Å². The van der Waals surface area contributed by atoms with Gasteiger partial charge in [0.15, 0.2) is 0 Å². The lowest BCUT2D eigenvalue weighted by molar-refractivity contribution is -0.123. The van der Waals surface area contributed by atoms with Crippen molar-refractivity contribution in [2.24, 2.45) is 17.6 Å². The third-order valence-electron chi connectivity index (χ3n) is 4.74. The summed E-state index contributed by atoms with van der Waals surface area (Å²) in [5.41, 5.74) is 7.52. The monoisotopic (exact) mass is 306 g/mol. The summed E-state index contributed by atoms with van der Waals surface area (Å²) in [7, 11) is 0. The Kier molecular flexibility index (Phi) is 4.02. The van der Waals surface area contributed by atoms with Crippen molar-refractivity contribution in [3.63, 3.8) is 0 Å². The van der Waals surface area contributed by atoms with E-state index in [0.717, 1.165) is 44.2 Å². The minimum absolute atomic E-state index is 0.0907. The highest BCUT2D eigenvalue weighted by Crippen LogP contribution is 2.34. The second-order valence-corrected chi connectivity index (χ2v) is 7.36.